The Labute approximate surface area is 107 Å². The zero-order chi connectivity index (χ0) is 12.7. The number of aliphatic carboxylic acids is 1. The summed E-state index contributed by atoms with van der Waals surface area (Å²) < 4.78 is 0. The Morgan fingerprint density at radius 1 is 1.35 bits per heavy atom. The van der Waals surface area contributed by atoms with Gasteiger partial charge in [-0.1, -0.05) is 26.2 Å². The second-order valence-electron chi connectivity index (χ2n) is 4.55. The van der Waals surface area contributed by atoms with E-state index in [9.17, 15) is 14.7 Å². The zero-order valence-electron chi connectivity index (χ0n) is 10.3. The highest BCUT2D eigenvalue weighted by molar-refractivity contribution is 7.99. The van der Waals surface area contributed by atoms with E-state index >= 15 is 0 Å². The highest BCUT2D eigenvalue weighted by Gasteiger charge is 2.42. The molecule has 1 heterocycles. The number of rotatable bonds is 7. The third-order valence-electron chi connectivity index (χ3n) is 3.07. The van der Waals surface area contributed by atoms with E-state index in [0.717, 1.165) is 31.4 Å². The molecule has 17 heavy (non-hydrogen) atoms. The fraction of sp³-hybridized carbons (Fsp3) is 0.833. The Kier molecular flexibility index (Phi) is 5.82. The van der Waals surface area contributed by atoms with E-state index in [-0.39, 0.29) is 5.91 Å². The molecule has 0 aliphatic carbocycles. The molecule has 1 fully saturated rings. The number of nitrogens with one attached hydrogen (secondary N) is 1. The Hall–Kier alpha value is -0.710. The molecule has 0 saturated carbocycles. The number of hydrogen-bond donors (Lipinski definition) is 2. The molecular weight excluding hydrogens is 238 g/mol. The zero-order valence-corrected chi connectivity index (χ0v) is 11.1. The van der Waals surface area contributed by atoms with E-state index < -0.39 is 11.5 Å². The van der Waals surface area contributed by atoms with Crippen molar-refractivity contribution in [2.75, 3.05) is 11.5 Å². The summed E-state index contributed by atoms with van der Waals surface area (Å²) in [5.41, 5.74) is -1.01. The molecule has 0 radical (unpaired) electrons. The number of carbonyl (C=O) groups is 2. The third kappa shape index (κ3) is 4.22. The van der Waals surface area contributed by atoms with Gasteiger partial charge in [-0.15, -0.1) is 0 Å². The highest BCUT2D eigenvalue weighted by Crippen LogP contribution is 2.28. The molecule has 0 aromatic rings. The molecule has 0 spiro atoms. The summed E-state index contributed by atoms with van der Waals surface area (Å²) >= 11 is 1.59. The number of carboxylic acids is 1. The van der Waals surface area contributed by atoms with Gasteiger partial charge in [-0.2, -0.15) is 11.8 Å². The average molecular weight is 259 g/mol. The van der Waals surface area contributed by atoms with Crippen LogP contribution >= 0.6 is 11.8 Å². The van der Waals surface area contributed by atoms with Gasteiger partial charge in [0, 0.05) is 12.2 Å². The largest absolute Gasteiger partial charge is 0.479 e. The van der Waals surface area contributed by atoms with Crippen LogP contribution in [0.4, 0.5) is 0 Å². The van der Waals surface area contributed by atoms with Gasteiger partial charge >= 0.3 is 5.97 Å². The minimum Gasteiger partial charge on any atom is -0.479 e. The van der Waals surface area contributed by atoms with Crippen LogP contribution in [0.5, 0.6) is 0 Å². The van der Waals surface area contributed by atoms with Crippen LogP contribution in [-0.2, 0) is 9.59 Å². The summed E-state index contributed by atoms with van der Waals surface area (Å²) in [5, 5.41) is 11.9. The molecule has 0 aromatic heterocycles. The molecule has 2 N–H and O–H groups in total. The van der Waals surface area contributed by atoms with E-state index in [1.165, 1.54) is 0 Å². The maximum atomic E-state index is 11.7. The van der Waals surface area contributed by atoms with Crippen molar-refractivity contribution in [1.29, 1.82) is 0 Å². The van der Waals surface area contributed by atoms with Crippen molar-refractivity contribution in [3.05, 3.63) is 0 Å². The van der Waals surface area contributed by atoms with Gasteiger partial charge in [-0.25, -0.2) is 4.79 Å². The van der Waals surface area contributed by atoms with Crippen LogP contribution in [0.15, 0.2) is 0 Å². The molecule has 1 aliphatic rings. The number of amides is 1. The number of carbonyl (C=O) groups excluding carboxylic acids is 1. The predicted octanol–water partition coefficient (Wildman–Crippen LogP) is 2.03. The summed E-state index contributed by atoms with van der Waals surface area (Å²) in [6.07, 6.45) is 5.14. The van der Waals surface area contributed by atoms with Crippen LogP contribution in [0.3, 0.4) is 0 Å². The van der Waals surface area contributed by atoms with Crippen LogP contribution in [-0.4, -0.2) is 34.0 Å². The Bertz CT molecular complexity index is 275. The second kappa shape index (κ2) is 6.89. The number of carboxylic acid groups (broad SMARTS) is 1. The lowest BCUT2D eigenvalue weighted by atomic mass is 9.98. The van der Waals surface area contributed by atoms with Gasteiger partial charge in [0.15, 0.2) is 0 Å². The van der Waals surface area contributed by atoms with E-state index in [0.29, 0.717) is 18.6 Å². The van der Waals surface area contributed by atoms with Gasteiger partial charge in [0.2, 0.25) is 5.91 Å². The fourth-order valence-electron chi connectivity index (χ4n) is 1.93. The SMILES string of the molecule is CCCCCCC(=O)NC1(C(=O)O)CCSC1. The first-order valence-electron chi connectivity index (χ1n) is 6.23. The van der Waals surface area contributed by atoms with Crippen molar-refractivity contribution in [3.8, 4) is 0 Å². The first-order chi connectivity index (χ1) is 8.10. The van der Waals surface area contributed by atoms with Crippen LogP contribution < -0.4 is 5.32 Å². The lowest BCUT2D eigenvalue weighted by Crippen LogP contribution is -2.54. The molecule has 1 saturated heterocycles. The minimum atomic E-state index is -1.01. The minimum absolute atomic E-state index is 0.119. The molecule has 1 amide bonds. The fourth-order valence-corrected chi connectivity index (χ4v) is 3.25. The van der Waals surface area contributed by atoms with Gasteiger partial charge in [-0.3, -0.25) is 4.79 Å². The summed E-state index contributed by atoms with van der Waals surface area (Å²) in [7, 11) is 0. The summed E-state index contributed by atoms with van der Waals surface area (Å²) in [6, 6.07) is 0. The second-order valence-corrected chi connectivity index (χ2v) is 5.65. The van der Waals surface area contributed by atoms with E-state index in [2.05, 4.69) is 12.2 Å². The van der Waals surface area contributed by atoms with Gasteiger partial charge in [0.25, 0.3) is 0 Å². The summed E-state index contributed by atoms with van der Waals surface area (Å²) in [5.74, 6) is 0.279. The lowest BCUT2D eigenvalue weighted by Gasteiger charge is -2.24. The van der Waals surface area contributed by atoms with Crippen molar-refractivity contribution in [2.24, 2.45) is 0 Å². The Morgan fingerprint density at radius 3 is 2.65 bits per heavy atom. The third-order valence-corrected chi connectivity index (χ3v) is 4.26. The molecule has 0 bridgehead atoms. The van der Waals surface area contributed by atoms with Crippen LogP contribution in [0.1, 0.15) is 45.4 Å². The predicted molar refractivity (Wildman–Crippen MR) is 69.2 cm³/mol. The summed E-state index contributed by atoms with van der Waals surface area (Å²) in [4.78, 5) is 22.9. The molecule has 98 valence electrons. The molecule has 1 unspecified atom stereocenters. The lowest BCUT2D eigenvalue weighted by molar-refractivity contribution is -0.146. The van der Waals surface area contributed by atoms with Crippen molar-refractivity contribution < 1.29 is 14.7 Å². The highest BCUT2D eigenvalue weighted by atomic mass is 32.2. The molecule has 1 atom stereocenters. The monoisotopic (exact) mass is 259 g/mol. The Morgan fingerprint density at radius 2 is 2.12 bits per heavy atom. The standard InChI is InChI=1S/C12H21NO3S/c1-2-3-4-5-6-10(14)13-12(11(15)16)7-8-17-9-12/h2-9H2,1H3,(H,13,14)(H,15,16). The molecule has 1 aliphatic heterocycles. The van der Waals surface area contributed by atoms with Gasteiger partial charge in [0.1, 0.15) is 5.54 Å². The Balaban J connectivity index is 2.35. The normalized spacial score (nSPS) is 23.6. The van der Waals surface area contributed by atoms with Gasteiger partial charge in [-0.05, 0) is 18.6 Å². The molecular formula is C12H21NO3S. The van der Waals surface area contributed by atoms with Crippen molar-refractivity contribution >= 4 is 23.6 Å². The van der Waals surface area contributed by atoms with E-state index in [1.807, 2.05) is 0 Å². The van der Waals surface area contributed by atoms with Crippen LogP contribution in [0.25, 0.3) is 0 Å². The number of thioether (sulfide) groups is 1. The van der Waals surface area contributed by atoms with Crippen LogP contribution in [0, 0.1) is 0 Å². The van der Waals surface area contributed by atoms with Crippen molar-refractivity contribution in [2.45, 2.75) is 51.0 Å². The maximum Gasteiger partial charge on any atom is 0.330 e. The maximum absolute atomic E-state index is 11.7. The van der Waals surface area contributed by atoms with E-state index in [1.54, 1.807) is 11.8 Å². The smallest absolute Gasteiger partial charge is 0.330 e. The number of hydrogen-bond acceptors (Lipinski definition) is 3. The first-order valence-corrected chi connectivity index (χ1v) is 7.38. The van der Waals surface area contributed by atoms with Gasteiger partial charge < -0.3 is 10.4 Å². The molecule has 0 aromatic carbocycles. The van der Waals surface area contributed by atoms with Crippen molar-refractivity contribution in [1.82, 2.24) is 5.32 Å². The molecule has 1 rings (SSSR count). The molecule has 5 heteroatoms. The van der Waals surface area contributed by atoms with Gasteiger partial charge in [0.05, 0.1) is 0 Å². The summed E-state index contributed by atoms with van der Waals surface area (Å²) in [6.45, 7) is 2.12. The quantitative estimate of drug-likeness (QED) is 0.687. The average Bonchev–Trinajstić information content (AvgIpc) is 2.74. The first kappa shape index (κ1) is 14.4. The van der Waals surface area contributed by atoms with Crippen LogP contribution in [0.2, 0.25) is 0 Å². The number of unbranched alkanes of at least 4 members (excludes halogenated alkanes) is 3. The van der Waals surface area contributed by atoms with E-state index in [4.69, 9.17) is 0 Å². The van der Waals surface area contributed by atoms with Crippen molar-refractivity contribution in [3.63, 3.8) is 0 Å². The molecule has 4 nitrogen and oxygen atoms in total. The topological polar surface area (TPSA) is 66.4 Å².